The second-order valence-corrected chi connectivity index (χ2v) is 4.45. The van der Waals surface area contributed by atoms with E-state index in [9.17, 15) is 0 Å². The minimum Gasteiger partial charge on any atom is -0.382 e. The van der Waals surface area contributed by atoms with Crippen LogP contribution in [0.3, 0.4) is 0 Å². The summed E-state index contributed by atoms with van der Waals surface area (Å²) < 4.78 is 5.24. The Kier molecular flexibility index (Phi) is 7.25. The van der Waals surface area contributed by atoms with Crippen molar-refractivity contribution in [2.75, 3.05) is 25.1 Å². The molecular weight excluding hydrogens is 264 g/mol. The lowest BCUT2D eigenvalue weighted by molar-refractivity contribution is 0.146. The number of aryl methyl sites for hydroxylation is 1. The lowest BCUT2D eigenvalue weighted by Gasteiger charge is -2.12. The van der Waals surface area contributed by atoms with Gasteiger partial charge in [-0.25, -0.2) is 5.84 Å². The number of hydrogen-bond donors (Lipinski definition) is 3. The molecule has 5 nitrogen and oxygen atoms in total. The molecule has 1 rings (SSSR count). The van der Waals surface area contributed by atoms with Gasteiger partial charge in [0.15, 0.2) is 0 Å². The number of nitrogens with two attached hydrogens (primary N) is 1. The molecule has 0 amide bonds. The number of nitrogens with one attached hydrogen (secondary N) is 2. The van der Waals surface area contributed by atoms with Crippen LogP contribution in [-0.4, -0.2) is 25.7 Å². The first kappa shape index (κ1) is 15.8. The molecule has 0 fully saturated rings. The smallest absolute Gasteiger partial charge is 0.210 e. The fraction of sp³-hybridized carbons (Fsp3) is 0.462. The first-order valence-corrected chi connectivity index (χ1v) is 6.67. The van der Waals surface area contributed by atoms with Gasteiger partial charge >= 0.3 is 0 Å². The summed E-state index contributed by atoms with van der Waals surface area (Å²) in [5.74, 6) is 5.96. The summed E-state index contributed by atoms with van der Waals surface area (Å²) in [5.41, 5.74) is 4.50. The van der Waals surface area contributed by atoms with Crippen LogP contribution < -0.4 is 16.6 Å². The molecule has 6 heteroatoms. The van der Waals surface area contributed by atoms with Gasteiger partial charge in [-0.2, -0.15) is 0 Å². The third-order valence-electron chi connectivity index (χ3n) is 2.51. The maximum Gasteiger partial charge on any atom is 0.210 e. The van der Waals surface area contributed by atoms with Crippen molar-refractivity contribution in [2.45, 2.75) is 20.3 Å². The predicted octanol–water partition coefficient (Wildman–Crippen LogP) is 2.31. The highest BCUT2D eigenvalue weighted by Gasteiger charge is 2.02. The number of ether oxygens (including phenoxy) is 1. The van der Waals surface area contributed by atoms with Crippen molar-refractivity contribution in [2.24, 2.45) is 10.8 Å². The molecule has 0 saturated heterocycles. The Morgan fingerprint density at radius 2 is 2.26 bits per heavy atom. The maximum atomic E-state index is 5.96. The topological polar surface area (TPSA) is 71.7 Å². The second kappa shape index (κ2) is 8.74. The van der Waals surface area contributed by atoms with E-state index in [1.807, 2.05) is 32.0 Å². The quantitative estimate of drug-likeness (QED) is 0.246. The fourth-order valence-electron chi connectivity index (χ4n) is 1.48. The average molecular weight is 285 g/mol. The molecule has 1 aromatic rings. The number of guanidine groups is 1. The van der Waals surface area contributed by atoms with Crippen molar-refractivity contribution in [1.82, 2.24) is 5.43 Å². The number of hydrazine groups is 1. The number of hydrogen-bond acceptors (Lipinski definition) is 3. The molecule has 0 aliphatic heterocycles. The van der Waals surface area contributed by atoms with Crippen LogP contribution in [0, 0.1) is 6.92 Å². The largest absolute Gasteiger partial charge is 0.382 e. The zero-order valence-electron chi connectivity index (χ0n) is 11.4. The Morgan fingerprint density at radius 1 is 1.47 bits per heavy atom. The molecule has 0 heterocycles. The van der Waals surface area contributed by atoms with Crippen LogP contribution in [0.25, 0.3) is 0 Å². The van der Waals surface area contributed by atoms with Crippen molar-refractivity contribution < 1.29 is 4.74 Å². The van der Waals surface area contributed by atoms with Gasteiger partial charge in [-0.05, 0) is 38.0 Å². The normalized spacial score (nSPS) is 11.5. The van der Waals surface area contributed by atoms with Crippen LogP contribution in [0.1, 0.15) is 18.9 Å². The standard InChI is InChI=1S/C13H21ClN4O/c1-3-19-8-4-7-16-13(18-15)17-12-9-11(14)6-5-10(12)2/h5-6,9H,3-4,7-8,15H2,1-2H3,(H2,16,17,18). The van der Waals surface area contributed by atoms with Crippen molar-refractivity contribution in [3.63, 3.8) is 0 Å². The van der Waals surface area contributed by atoms with Crippen molar-refractivity contribution >= 4 is 23.2 Å². The number of halogens is 1. The molecule has 0 radical (unpaired) electrons. The molecule has 106 valence electrons. The number of aliphatic imine (C=N–C) groups is 1. The molecule has 0 spiro atoms. The summed E-state index contributed by atoms with van der Waals surface area (Å²) in [6.07, 6.45) is 0.856. The zero-order valence-corrected chi connectivity index (χ0v) is 12.1. The fourth-order valence-corrected chi connectivity index (χ4v) is 1.65. The first-order chi connectivity index (χ1) is 9.17. The zero-order chi connectivity index (χ0) is 14.1. The number of nitrogens with zero attached hydrogens (tertiary/aromatic N) is 1. The summed E-state index contributed by atoms with van der Waals surface area (Å²) in [6, 6.07) is 5.62. The van der Waals surface area contributed by atoms with E-state index in [0.29, 0.717) is 24.1 Å². The third kappa shape index (κ3) is 5.92. The lowest BCUT2D eigenvalue weighted by atomic mass is 10.2. The Morgan fingerprint density at radius 3 is 2.95 bits per heavy atom. The van der Waals surface area contributed by atoms with E-state index in [1.54, 1.807) is 0 Å². The van der Waals surface area contributed by atoms with Crippen molar-refractivity contribution in [3.8, 4) is 0 Å². The molecule has 0 aromatic heterocycles. The molecule has 4 N–H and O–H groups in total. The van der Waals surface area contributed by atoms with Gasteiger partial charge in [-0.15, -0.1) is 0 Å². The molecule has 0 atom stereocenters. The van der Waals surface area contributed by atoms with E-state index < -0.39 is 0 Å². The highest BCUT2D eigenvalue weighted by Crippen LogP contribution is 2.19. The van der Waals surface area contributed by atoms with Gasteiger partial charge in [0.2, 0.25) is 5.96 Å². The molecule has 0 aliphatic carbocycles. The summed E-state index contributed by atoms with van der Waals surface area (Å²) in [6.45, 7) is 6.04. The van der Waals surface area contributed by atoms with Gasteiger partial charge < -0.3 is 10.1 Å². The van der Waals surface area contributed by atoms with Gasteiger partial charge in [0.25, 0.3) is 0 Å². The van der Waals surface area contributed by atoms with E-state index in [-0.39, 0.29) is 0 Å². The number of benzene rings is 1. The van der Waals surface area contributed by atoms with Crippen LogP contribution in [-0.2, 0) is 4.74 Å². The highest BCUT2D eigenvalue weighted by molar-refractivity contribution is 6.31. The Labute approximate surface area is 119 Å². The third-order valence-corrected chi connectivity index (χ3v) is 2.75. The van der Waals surface area contributed by atoms with E-state index >= 15 is 0 Å². The van der Waals surface area contributed by atoms with E-state index in [4.69, 9.17) is 22.2 Å². The maximum absolute atomic E-state index is 5.96. The summed E-state index contributed by atoms with van der Waals surface area (Å²) >= 11 is 5.96. The Balaban J connectivity index is 2.55. The summed E-state index contributed by atoms with van der Waals surface area (Å²) in [4.78, 5) is 4.33. The van der Waals surface area contributed by atoms with Crippen LogP contribution in [0.2, 0.25) is 5.02 Å². The number of rotatable bonds is 6. The second-order valence-electron chi connectivity index (χ2n) is 4.01. The van der Waals surface area contributed by atoms with Crippen molar-refractivity contribution in [3.05, 3.63) is 28.8 Å². The van der Waals surface area contributed by atoms with Crippen LogP contribution in [0.15, 0.2) is 23.2 Å². The van der Waals surface area contributed by atoms with Gasteiger partial charge in [-0.3, -0.25) is 10.4 Å². The van der Waals surface area contributed by atoms with Gasteiger partial charge in [0, 0.05) is 30.5 Å². The SMILES string of the molecule is CCOCCCN=C(NN)Nc1cc(Cl)ccc1C. The molecule has 0 aliphatic rings. The predicted molar refractivity (Wildman–Crippen MR) is 80.5 cm³/mol. The average Bonchev–Trinajstić information content (AvgIpc) is 2.41. The molecular formula is C13H21ClN4O. The van der Waals surface area contributed by atoms with Gasteiger partial charge in [0.1, 0.15) is 0 Å². The van der Waals surface area contributed by atoms with Gasteiger partial charge in [-0.1, -0.05) is 17.7 Å². The molecule has 1 aromatic carbocycles. The van der Waals surface area contributed by atoms with E-state index in [0.717, 1.165) is 24.3 Å². The summed E-state index contributed by atoms with van der Waals surface area (Å²) in [7, 11) is 0. The minimum atomic E-state index is 0.516. The highest BCUT2D eigenvalue weighted by atomic mass is 35.5. The van der Waals surface area contributed by atoms with E-state index in [1.165, 1.54) is 0 Å². The van der Waals surface area contributed by atoms with E-state index in [2.05, 4.69) is 15.7 Å². The van der Waals surface area contributed by atoms with Crippen LogP contribution in [0.4, 0.5) is 5.69 Å². The molecule has 0 bridgehead atoms. The number of anilines is 1. The first-order valence-electron chi connectivity index (χ1n) is 6.29. The summed E-state index contributed by atoms with van der Waals surface area (Å²) in [5, 5.41) is 3.78. The van der Waals surface area contributed by atoms with Crippen molar-refractivity contribution in [1.29, 1.82) is 0 Å². The van der Waals surface area contributed by atoms with Gasteiger partial charge in [0.05, 0.1) is 0 Å². The molecule has 0 saturated carbocycles. The molecule has 19 heavy (non-hydrogen) atoms. The Bertz CT molecular complexity index is 423. The molecule has 0 unspecified atom stereocenters. The monoisotopic (exact) mass is 284 g/mol. The van der Waals surface area contributed by atoms with Crippen LogP contribution in [0.5, 0.6) is 0 Å². The minimum absolute atomic E-state index is 0.516. The van der Waals surface area contributed by atoms with Crippen LogP contribution >= 0.6 is 11.6 Å². The Hall–Kier alpha value is -1.30. The lowest BCUT2D eigenvalue weighted by Crippen LogP contribution is -2.36.